The molecule has 29 heavy (non-hydrogen) atoms. The SMILES string of the molecule is CCC(C(=O)NC)N(Cc1ccccc1Cl)C(=O)CSCc1c(F)cccc1Cl. The van der Waals surface area contributed by atoms with Gasteiger partial charge in [0.25, 0.3) is 0 Å². The Labute approximate surface area is 184 Å². The van der Waals surface area contributed by atoms with Crippen molar-refractivity contribution in [2.24, 2.45) is 0 Å². The van der Waals surface area contributed by atoms with Gasteiger partial charge in [0.15, 0.2) is 0 Å². The highest BCUT2D eigenvalue weighted by atomic mass is 35.5. The van der Waals surface area contributed by atoms with Crippen molar-refractivity contribution < 1.29 is 14.0 Å². The number of nitrogens with one attached hydrogen (secondary N) is 1. The van der Waals surface area contributed by atoms with E-state index in [9.17, 15) is 14.0 Å². The summed E-state index contributed by atoms with van der Waals surface area (Å²) in [5.74, 6) is -0.522. The quantitative estimate of drug-likeness (QED) is 0.582. The lowest BCUT2D eigenvalue weighted by Crippen LogP contribution is -2.48. The van der Waals surface area contributed by atoms with Crippen LogP contribution in [0.3, 0.4) is 0 Å². The average molecular weight is 457 g/mol. The van der Waals surface area contributed by atoms with Gasteiger partial charge in [-0.3, -0.25) is 9.59 Å². The third kappa shape index (κ3) is 6.36. The van der Waals surface area contributed by atoms with Crippen molar-refractivity contribution in [2.45, 2.75) is 31.7 Å². The van der Waals surface area contributed by atoms with Gasteiger partial charge in [-0.1, -0.05) is 54.4 Å². The van der Waals surface area contributed by atoms with Gasteiger partial charge in [0.05, 0.1) is 5.75 Å². The van der Waals surface area contributed by atoms with Crippen LogP contribution in [0.5, 0.6) is 0 Å². The van der Waals surface area contributed by atoms with Crippen molar-refractivity contribution in [3.05, 3.63) is 69.5 Å². The molecule has 4 nitrogen and oxygen atoms in total. The fraction of sp³-hybridized carbons (Fsp3) is 0.333. The second-order valence-corrected chi connectivity index (χ2v) is 8.14. The lowest BCUT2D eigenvalue weighted by molar-refractivity contribution is -0.139. The third-order valence-corrected chi connectivity index (χ3v) is 6.13. The van der Waals surface area contributed by atoms with Crippen molar-refractivity contribution in [1.82, 2.24) is 10.2 Å². The van der Waals surface area contributed by atoms with Gasteiger partial charge in [-0.05, 0) is 30.2 Å². The number of thioether (sulfide) groups is 1. The lowest BCUT2D eigenvalue weighted by atomic mass is 10.1. The van der Waals surface area contributed by atoms with Crippen LogP contribution in [-0.2, 0) is 21.9 Å². The summed E-state index contributed by atoms with van der Waals surface area (Å²) in [4.78, 5) is 26.9. The van der Waals surface area contributed by atoms with Crippen molar-refractivity contribution in [1.29, 1.82) is 0 Å². The van der Waals surface area contributed by atoms with Crippen LogP contribution in [0.25, 0.3) is 0 Å². The first-order valence-electron chi connectivity index (χ1n) is 9.14. The predicted octanol–water partition coefficient (Wildman–Crippen LogP) is 4.92. The maximum absolute atomic E-state index is 13.9. The largest absolute Gasteiger partial charge is 0.357 e. The van der Waals surface area contributed by atoms with Crippen molar-refractivity contribution >= 4 is 46.8 Å². The number of rotatable bonds is 9. The minimum absolute atomic E-state index is 0.0859. The van der Waals surface area contributed by atoms with E-state index in [2.05, 4.69) is 5.32 Å². The Kier molecular flexibility index (Phi) is 9.27. The van der Waals surface area contributed by atoms with E-state index < -0.39 is 11.9 Å². The van der Waals surface area contributed by atoms with Crippen molar-refractivity contribution in [2.75, 3.05) is 12.8 Å². The minimum Gasteiger partial charge on any atom is -0.357 e. The van der Waals surface area contributed by atoms with Gasteiger partial charge in [-0.25, -0.2) is 4.39 Å². The molecule has 1 atom stereocenters. The van der Waals surface area contributed by atoms with E-state index in [1.165, 1.54) is 35.8 Å². The highest BCUT2D eigenvalue weighted by Crippen LogP contribution is 2.25. The zero-order chi connectivity index (χ0) is 21.4. The molecule has 0 aliphatic heterocycles. The van der Waals surface area contributed by atoms with E-state index in [-0.39, 0.29) is 29.9 Å². The second kappa shape index (κ2) is 11.4. The predicted molar refractivity (Wildman–Crippen MR) is 118 cm³/mol. The Balaban J connectivity index is 2.15. The molecule has 0 aliphatic rings. The van der Waals surface area contributed by atoms with E-state index >= 15 is 0 Å². The molecule has 0 saturated carbocycles. The molecule has 0 aromatic heterocycles. The second-order valence-electron chi connectivity index (χ2n) is 6.34. The van der Waals surface area contributed by atoms with E-state index in [1.807, 2.05) is 25.1 Å². The van der Waals surface area contributed by atoms with Crippen LogP contribution in [0.1, 0.15) is 24.5 Å². The highest BCUT2D eigenvalue weighted by molar-refractivity contribution is 7.99. The Morgan fingerprint density at radius 3 is 2.45 bits per heavy atom. The van der Waals surface area contributed by atoms with Crippen LogP contribution in [0.4, 0.5) is 4.39 Å². The molecule has 0 aliphatic carbocycles. The van der Waals surface area contributed by atoms with Gasteiger partial charge in [0.1, 0.15) is 11.9 Å². The summed E-state index contributed by atoms with van der Waals surface area (Å²) >= 11 is 13.6. The fourth-order valence-electron chi connectivity index (χ4n) is 2.89. The first-order chi connectivity index (χ1) is 13.9. The van der Waals surface area contributed by atoms with Crippen molar-refractivity contribution in [3.8, 4) is 0 Å². The Bertz CT molecular complexity index is 846. The molecule has 0 spiro atoms. The van der Waals surface area contributed by atoms with Crippen LogP contribution in [0.2, 0.25) is 10.0 Å². The number of hydrogen-bond acceptors (Lipinski definition) is 3. The number of amides is 2. The standard InChI is InChI=1S/C21H23Cl2FN2O2S/c1-3-19(21(28)25-2)26(11-14-7-4-5-8-16(14)22)20(27)13-29-12-15-17(23)9-6-10-18(15)24/h4-10,19H,3,11-13H2,1-2H3,(H,25,28). The molecule has 2 aromatic carbocycles. The van der Waals surface area contributed by atoms with Gasteiger partial charge < -0.3 is 10.2 Å². The summed E-state index contributed by atoms with van der Waals surface area (Å²) in [5.41, 5.74) is 1.12. The summed E-state index contributed by atoms with van der Waals surface area (Å²) in [6, 6.07) is 11.1. The molecule has 0 radical (unpaired) electrons. The molecule has 0 fully saturated rings. The molecule has 2 aromatic rings. The number of carbonyl (C=O) groups excluding carboxylic acids is 2. The van der Waals surface area contributed by atoms with Gasteiger partial charge >= 0.3 is 0 Å². The Morgan fingerprint density at radius 1 is 1.14 bits per heavy atom. The van der Waals surface area contributed by atoms with Crippen LogP contribution >= 0.6 is 35.0 Å². The number of likely N-dealkylation sites (N-methyl/N-ethyl adjacent to an activating group) is 1. The smallest absolute Gasteiger partial charge is 0.242 e. The maximum atomic E-state index is 13.9. The number of halogens is 3. The molecular weight excluding hydrogens is 434 g/mol. The fourth-order valence-corrected chi connectivity index (χ4v) is 4.33. The third-order valence-electron chi connectivity index (χ3n) is 4.46. The average Bonchev–Trinajstić information content (AvgIpc) is 2.71. The first-order valence-corrected chi connectivity index (χ1v) is 11.0. The molecule has 1 unspecified atom stereocenters. The number of carbonyl (C=O) groups is 2. The number of benzene rings is 2. The van der Waals surface area contributed by atoms with Gasteiger partial charge in [0.2, 0.25) is 11.8 Å². The van der Waals surface area contributed by atoms with Gasteiger partial charge in [0, 0.05) is 35.0 Å². The minimum atomic E-state index is -0.624. The van der Waals surface area contributed by atoms with Gasteiger partial charge in [-0.2, -0.15) is 0 Å². The summed E-state index contributed by atoms with van der Waals surface area (Å²) in [6.07, 6.45) is 0.458. The molecule has 156 valence electrons. The molecule has 2 rings (SSSR count). The Hall–Kier alpha value is -1.76. The summed E-state index contributed by atoms with van der Waals surface area (Å²) in [6.45, 7) is 2.06. The summed E-state index contributed by atoms with van der Waals surface area (Å²) in [7, 11) is 1.54. The summed E-state index contributed by atoms with van der Waals surface area (Å²) < 4.78 is 13.9. The van der Waals surface area contributed by atoms with E-state index in [4.69, 9.17) is 23.2 Å². The zero-order valence-electron chi connectivity index (χ0n) is 16.3. The zero-order valence-corrected chi connectivity index (χ0v) is 18.6. The van der Waals surface area contributed by atoms with E-state index in [0.29, 0.717) is 22.0 Å². The van der Waals surface area contributed by atoms with E-state index in [0.717, 1.165) is 5.56 Å². The molecule has 1 N–H and O–H groups in total. The summed E-state index contributed by atoms with van der Waals surface area (Å²) in [5, 5.41) is 3.47. The molecule has 0 bridgehead atoms. The number of nitrogens with zero attached hydrogens (tertiary/aromatic N) is 1. The highest BCUT2D eigenvalue weighted by Gasteiger charge is 2.28. The molecule has 8 heteroatoms. The monoisotopic (exact) mass is 456 g/mol. The topological polar surface area (TPSA) is 49.4 Å². The lowest BCUT2D eigenvalue weighted by Gasteiger charge is -2.30. The number of hydrogen-bond donors (Lipinski definition) is 1. The van der Waals surface area contributed by atoms with E-state index in [1.54, 1.807) is 12.1 Å². The van der Waals surface area contributed by atoms with Crippen LogP contribution in [0, 0.1) is 5.82 Å². The van der Waals surface area contributed by atoms with Crippen LogP contribution in [0.15, 0.2) is 42.5 Å². The maximum Gasteiger partial charge on any atom is 0.242 e. The van der Waals surface area contributed by atoms with Gasteiger partial charge in [-0.15, -0.1) is 11.8 Å². The van der Waals surface area contributed by atoms with Crippen LogP contribution in [-0.4, -0.2) is 35.6 Å². The molecule has 2 amide bonds. The Morgan fingerprint density at radius 2 is 1.83 bits per heavy atom. The molecule has 0 saturated heterocycles. The normalized spacial score (nSPS) is 11.8. The van der Waals surface area contributed by atoms with Crippen molar-refractivity contribution in [3.63, 3.8) is 0 Å². The molecular formula is C21H23Cl2FN2O2S. The molecule has 0 heterocycles. The van der Waals surface area contributed by atoms with Crippen LogP contribution < -0.4 is 5.32 Å². The first kappa shape index (κ1) is 23.5.